The minimum atomic E-state index is -2.83. The first-order valence-electron chi connectivity index (χ1n) is 28.7. The number of carboxylic acid groups (broad SMARTS) is 2. The molecule has 31 nitrogen and oxygen atoms in total. The molecule has 1 aliphatic heterocycles. The fourth-order valence-corrected chi connectivity index (χ4v) is 8.76. The van der Waals surface area contributed by atoms with E-state index in [1.807, 2.05) is 10.6 Å². The number of hydrogen-bond acceptors (Lipinski definition) is 20. The number of carbonyl (C=O) groups excluding carboxylic acids is 10. The largest absolute Gasteiger partial charge is 0.481 e. The van der Waals surface area contributed by atoms with Crippen molar-refractivity contribution in [3.05, 3.63) is 11.8 Å². The highest BCUT2D eigenvalue weighted by Gasteiger charge is 2.41. The molecule has 0 aromatic carbocycles. The molecule has 0 aliphatic carbocycles. The molecule has 1 fully saturated rings. The number of carboxylic acids is 2. The molecule has 12 atom stereocenters. The monoisotopic (exact) mass is 1230 g/mol. The van der Waals surface area contributed by atoms with Gasteiger partial charge in [-0.2, -0.15) is 0 Å². The number of nitrogens with two attached hydrogens (primary N) is 3. The molecule has 1 saturated heterocycles. The van der Waals surface area contributed by atoms with Crippen LogP contribution in [0.15, 0.2) is 11.8 Å². The standard InChI is InChI=1S/C53H91ClN12O19/c1-4-6-7-8-9-10-11-12-13-14-15-18-30(68)25-38(70)58-36-28-85-53(84)41(37(69)27-54)65-51(81)42(43(73)52(82)83)66-44(74)31(5-2)59-50(80)40(29(3)67)64-47(77)34(21-24-57)61-45(75)32(19-16-17-22-55)60-48(78)35(26-39(71)72)63-46(76)33(20-23-56)62-49(36)79/h5,29-30,32-37,40-43,67-69,73H,4,6-28,55-57H2,1-3H3,(H,58,70)(H,59,80)(H,60,78)(H,61,75)(H,62,79)(H,63,76)(H,64,77)(H,65,81)(H,66,74)(H,71,72)(H,82,83)/b31-5+/t29-,30?,32-,33+,34-,35-,36-,37+,40-,41-,42-,43?/m0/s1. The number of allylic oxidation sites excluding steroid dienone is 1. The Morgan fingerprint density at radius 2 is 1.11 bits per heavy atom. The summed E-state index contributed by atoms with van der Waals surface area (Å²) in [5.74, 6) is -17.8. The summed E-state index contributed by atoms with van der Waals surface area (Å²) in [7, 11) is 0. The van der Waals surface area contributed by atoms with Crippen molar-refractivity contribution in [2.75, 3.05) is 32.1 Å². The summed E-state index contributed by atoms with van der Waals surface area (Å²) in [6.07, 6.45) is 2.18. The van der Waals surface area contributed by atoms with Crippen LogP contribution in [0.1, 0.15) is 143 Å². The third-order valence-corrected chi connectivity index (χ3v) is 13.8. The van der Waals surface area contributed by atoms with Crippen LogP contribution < -0.4 is 65.1 Å². The summed E-state index contributed by atoms with van der Waals surface area (Å²) in [6.45, 7) is 2.65. The number of unbranched alkanes of at least 4 members (excludes halogenated alkanes) is 11. The molecular formula is C53H91ClN12O19. The van der Waals surface area contributed by atoms with Crippen molar-refractivity contribution in [2.45, 2.75) is 216 Å². The maximum absolute atomic E-state index is 14.2. The number of hydrogen-bond donors (Lipinski definition) is 18. The molecule has 2 unspecified atom stereocenters. The van der Waals surface area contributed by atoms with Gasteiger partial charge >= 0.3 is 17.9 Å². The van der Waals surface area contributed by atoms with Gasteiger partial charge in [0, 0.05) is 0 Å². The van der Waals surface area contributed by atoms with Crippen LogP contribution in [0.4, 0.5) is 0 Å². The Bertz CT molecular complexity index is 2230. The average Bonchev–Trinajstić information content (AvgIpc) is 3.65. The smallest absolute Gasteiger partial charge is 0.335 e. The summed E-state index contributed by atoms with van der Waals surface area (Å²) in [6, 6.07) is -15.8. The number of nitrogens with one attached hydrogen (secondary N) is 9. The first-order chi connectivity index (χ1) is 40.3. The Hall–Kier alpha value is -6.61. The Kier molecular flexibility index (Phi) is 38.0. The van der Waals surface area contributed by atoms with Crippen molar-refractivity contribution in [3.63, 3.8) is 0 Å². The average molecular weight is 1240 g/mol. The van der Waals surface area contributed by atoms with Gasteiger partial charge in [0.05, 0.1) is 37.0 Å². The van der Waals surface area contributed by atoms with E-state index in [1.54, 1.807) is 0 Å². The number of carbonyl (C=O) groups is 12. The van der Waals surface area contributed by atoms with Crippen LogP contribution in [-0.2, 0) is 62.3 Å². The van der Waals surface area contributed by atoms with Crippen molar-refractivity contribution in [1.29, 1.82) is 0 Å². The lowest BCUT2D eigenvalue weighted by Gasteiger charge is -2.28. The van der Waals surface area contributed by atoms with E-state index in [2.05, 4.69) is 44.1 Å². The summed E-state index contributed by atoms with van der Waals surface area (Å²) in [5.41, 5.74) is 16.4. The topological polar surface area (TPSA) is 522 Å². The number of esters is 1. The predicted molar refractivity (Wildman–Crippen MR) is 305 cm³/mol. The number of amides is 9. The lowest BCUT2D eigenvalue weighted by molar-refractivity contribution is -0.155. The molecule has 0 bridgehead atoms. The molecule has 0 aromatic heterocycles. The van der Waals surface area contributed by atoms with E-state index in [1.165, 1.54) is 26.2 Å². The maximum Gasteiger partial charge on any atom is 0.335 e. The second-order valence-corrected chi connectivity index (χ2v) is 20.9. The van der Waals surface area contributed by atoms with Gasteiger partial charge in [-0.05, 0) is 72.0 Å². The quantitative estimate of drug-likeness (QED) is 0.0140. The molecule has 21 N–H and O–H groups in total. The fraction of sp³-hybridized carbons (Fsp3) is 0.736. The maximum atomic E-state index is 14.2. The molecule has 484 valence electrons. The highest BCUT2D eigenvalue weighted by atomic mass is 35.5. The molecule has 0 radical (unpaired) electrons. The number of alkyl halides is 1. The second kappa shape index (κ2) is 42.2. The van der Waals surface area contributed by atoms with Gasteiger partial charge in [0.15, 0.2) is 12.1 Å². The zero-order chi connectivity index (χ0) is 64.2. The van der Waals surface area contributed by atoms with Crippen LogP contribution in [0.5, 0.6) is 0 Å². The van der Waals surface area contributed by atoms with Crippen molar-refractivity contribution >= 4 is 82.7 Å². The molecule has 0 spiro atoms. The van der Waals surface area contributed by atoms with E-state index in [0.717, 1.165) is 57.9 Å². The summed E-state index contributed by atoms with van der Waals surface area (Å²) in [4.78, 5) is 163. The molecule has 1 heterocycles. The fourth-order valence-electron chi connectivity index (χ4n) is 8.58. The highest BCUT2D eigenvalue weighted by molar-refractivity contribution is 6.18. The van der Waals surface area contributed by atoms with Gasteiger partial charge in [-0.25, -0.2) is 9.59 Å². The van der Waals surface area contributed by atoms with E-state index in [0.29, 0.717) is 12.8 Å². The third-order valence-electron chi connectivity index (χ3n) is 13.5. The SMILES string of the molecule is C/C=C1/NC(=O)[C@H]([C@H](C)O)NC(=O)[C@H](CCN)NC(=O)[C@H](CCCCN)NC(=O)[C@H](CC(=O)O)NC(=O)[C@@H](CCN)NC(=O)[C@@H](NC(=O)CC(O)CCCCCCCCCCCCC)COC(=O)[C@H]([C@H](O)CCl)NC(=O)[C@H](C(O)C(=O)O)NC1=O. The Balaban J connectivity index is 3.95. The summed E-state index contributed by atoms with van der Waals surface area (Å²) in [5, 5.41) is 82.3. The van der Waals surface area contributed by atoms with Gasteiger partial charge in [0.1, 0.15) is 54.6 Å². The number of aliphatic carboxylic acids is 2. The molecule has 0 aromatic rings. The predicted octanol–water partition coefficient (Wildman–Crippen LogP) is -4.38. The van der Waals surface area contributed by atoms with Gasteiger partial charge in [-0.3, -0.25) is 47.9 Å². The van der Waals surface area contributed by atoms with Crippen LogP contribution in [-0.4, -0.2) is 207 Å². The number of cyclic esters (lactones) is 1. The Morgan fingerprint density at radius 1 is 0.612 bits per heavy atom. The number of rotatable bonds is 30. The van der Waals surface area contributed by atoms with Gasteiger partial charge in [-0.1, -0.05) is 83.6 Å². The molecular weight excluding hydrogens is 1140 g/mol. The van der Waals surface area contributed by atoms with Crippen molar-refractivity contribution in [2.24, 2.45) is 17.2 Å². The minimum Gasteiger partial charge on any atom is -0.481 e. The van der Waals surface area contributed by atoms with E-state index in [4.69, 9.17) is 33.5 Å². The molecule has 85 heavy (non-hydrogen) atoms. The van der Waals surface area contributed by atoms with Crippen LogP contribution in [0.2, 0.25) is 0 Å². The van der Waals surface area contributed by atoms with Gasteiger partial charge < -0.3 is 100 Å². The lowest BCUT2D eigenvalue weighted by atomic mass is 10.0. The van der Waals surface area contributed by atoms with E-state index in [-0.39, 0.29) is 45.3 Å². The third kappa shape index (κ3) is 29.4. The highest BCUT2D eigenvalue weighted by Crippen LogP contribution is 2.15. The summed E-state index contributed by atoms with van der Waals surface area (Å²) >= 11 is 5.86. The number of aliphatic hydroxyl groups is 4. The molecule has 9 amide bonds. The second-order valence-electron chi connectivity index (χ2n) is 20.6. The number of halogens is 1. The van der Waals surface area contributed by atoms with Crippen LogP contribution in [0.3, 0.4) is 0 Å². The van der Waals surface area contributed by atoms with E-state index in [9.17, 15) is 88.2 Å². The van der Waals surface area contributed by atoms with Crippen molar-refractivity contribution < 1.29 is 92.9 Å². The van der Waals surface area contributed by atoms with Crippen LogP contribution in [0, 0.1) is 0 Å². The van der Waals surface area contributed by atoms with Crippen LogP contribution >= 0.6 is 11.6 Å². The first-order valence-corrected chi connectivity index (χ1v) is 29.2. The molecule has 0 saturated carbocycles. The lowest BCUT2D eigenvalue weighted by Crippen LogP contribution is -2.62. The molecule has 1 aliphatic rings. The number of aliphatic hydroxyl groups excluding tert-OH is 4. The normalized spacial score (nSPS) is 24.2. The van der Waals surface area contributed by atoms with Crippen molar-refractivity contribution in [3.8, 4) is 0 Å². The van der Waals surface area contributed by atoms with Gasteiger partial charge in [0.25, 0.3) is 5.91 Å². The van der Waals surface area contributed by atoms with Gasteiger partial charge in [-0.15, -0.1) is 11.6 Å². The summed E-state index contributed by atoms with van der Waals surface area (Å²) < 4.78 is 5.28. The minimum absolute atomic E-state index is 0.123. The molecule has 32 heteroatoms. The van der Waals surface area contributed by atoms with E-state index < -0.39 is 181 Å². The first kappa shape index (κ1) is 76.4. The Morgan fingerprint density at radius 3 is 1.60 bits per heavy atom. The Labute approximate surface area is 498 Å². The number of ether oxygens (including phenoxy) is 1. The zero-order valence-electron chi connectivity index (χ0n) is 48.6. The molecule has 1 rings (SSSR count). The van der Waals surface area contributed by atoms with Crippen molar-refractivity contribution in [1.82, 2.24) is 47.9 Å². The zero-order valence-corrected chi connectivity index (χ0v) is 49.3. The van der Waals surface area contributed by atoms with Crippen LogP contribution in [0.25, 0.3) is 0 Å². The van der Waals surface area contributed by atoms with Gasteiger partial charge in [0.2, 0.25) is 47.3 Å². The van der Waals surface area contributed by atoms with E-state index >= 15 is 0 Å².